The molecule has 0 aromatic rings. The Balaban J connectivity index is 1.45. The van der Waals surface area contributed by atoms with Gasteiger partial charge in [0.05, 0.1) is 26.4 Å². The van der Waals surface area contributed by atoms with Crippen LogP contribution < -0.4 is 0 Å². The quantitative estimate of drug-likeness (QED) is 0.303. The summed E-state index contributed by atoms with van der Waals surface area (Å²) in [7, 11) is 0. The summed E-state index contributed by atoms with van der Waals surface area (Å²) in [4.78, 5) is 22.2. The molecule has 4 bridgehead atoms. The molecule has 0 aliphatic heterocycles. The van der Waals surface area contributed by atoms with Crippen molar-refractivity contribution in [1.29, 1.82) is 0 Å². The maximum Gasteiger partial charge on any atom is 0.330 e. The van der Waals surface area contributed by atoms with Crippen molar-refractivity contribution < 1.29 is 38.7 Å². The highest BCUT2D eigenvalue weighted by molar-refractivity contribution is 5.81. The van der Waals surface area contributed by atoms with Crippen molar-refractivity contribution in [3.63, 3.8) is 0 Å². The number of carbonyl (C=O) groups is 2. The molecule has 0 saturated heterocycles. The normalized spacial score (nSPS) is 32.2. The average Bonchev–Trinajstić information content (AvgIpc) is 2.74. The van der Waals surface area contributed by atoms with E-state index in [1.165, 1.54) is 6.42 Å². The Morgan fingerprint density at radius 2 is 1.22 bits per heavy atom. The van der Waals surface area contributed by atoms with Crippen LogP contribution in [0.15, 0.2) is 25.3 Å². The first-order valence-electron chi connectivity index (χ1n) is 11.4. The molecule has 32 heavy (non-hydrogen) atoms. The molecule has 8 nitrogen and oxygen atoms in total. The maximum atomic E-state index is 11.1. The minimum Gasteiger partial charge on any atom is -0.460 e. The van der Waals surface area contributed by atoms with Crippen LogP contribution in [-0.2, 0) is 28.5 Å². The minimum atomic E-state index is -0.859. The van der Waals surface area contributed by atoms with Crippen molar-refractivity contribution in [2.75, 3.05) is 39.6 Å². The van der Waals surface area contributed by atoms with Crippen LogP contribution >= 0.6 is 0 Å². The second-order valence-electron chi connectivity index (χ2n) is 9.97. The molecule has 180 valence electrons. The predicted octanol–water partition coefficient (Wildman–Crippen LogP) is 1.79. The first-order chi connectivity index (χ1) is 15.3. The van der Waals surface area contributed by atoms with Crippen LogP contribution in [0.2, 0.25) is 0 Å². The Labute approximate surface area is 189 Å². The molecule has 4 saturated carbocycles. The van der Waals surface area contributed by atoms with Gasteiger partial charge in [0, 0.05) is 12.2 Å². The first-order valence-corrected chi connectivity index (χ1v) is 11.4. The summed E-state index contributed by atoms with van der Waals surface area (Å²) in [5.41, 5.74) is 0.173. The Morgan fingerprint density at radius 3 is 1.59 bits per heavy atom. The van der Waals surface area contributed by atoms with Gasteiger partial charge in [0.2, 0.25) is 0 Å². The molecule has 4 fully saturated rings. The fraction of sp³-hybridized carbons (Fsp3) is 0.750. The van der Waals surface area contributed by atoms with E-state index in [0.29, 0.717) is 25.0 Å². The second kappa shape index (κ2) is 10.9. The summed E-state index contributed by atoms with van der Waals surface area (Å²) in [5, 5.41) is 20.0. The Kier molecular flexibility index (Phi) is 8.49. The van der Waals surface area contributed by atoms with E-state index >= 15 is 0 Å². The third-order valence-electron chi connectivity index (χ3n) is 6.91. The molecule has 0 amide bonds. The number of esters is 2. The summed E-state index contributed by atoms with van der Waals surface area (Å²) >= 11 is 0. The monoisotopic (exact) mass is 452 g/mol. The van der Waals surface area contributed by atoms with Crippen LogP contribution in [-0.4, -0.2) is 74.0 Å². The van der Waals surface area contributed by atoms with Crippen molar-refractivity contribution in [3.8, 4) is 0 Å². The third kappa shape index (κ3) is 6.63. The molecule has 4 rings (SSSR count). The lowest BCUT2D eigenvalue weighted by atomic mass is 9.44. The summed E-state index contributed by atoms with van der Waals surface area (Å²) < 4.78 is 21.5. The molecule has 2 atom stereocenters. The van der Waals surface area contributed by atoms with E-state index < -0.39 is 24.1 Å². The molecule has 0 radical (unpaired) electrons. The zero-order chi connectivity index (χ0) is 23.2. The second-order valence-corrected chi connectivity index (χ2v) is 9.97. The summed E-state index contributed by atoms with van der Waals surface area (Å²) in [6.45, 7) is 7.85. The largest absolute Gasteiger partial charge is 0.460 e. The third-order valence-corrected chi connectivity index (χ3v) is 6.91. The molecule has 0 spiro atoms. The van der Waals surface area contributed by atoms with Crippen LogP contribution in [0.25, 0.3) is 0 Å². The minimum absolute atomic E-state index is 0.0864. The SMILES string of the molecule is C=CC(=O)OCC(O)COCC12CC3CC(C1)CC(COCC(O)COC(=O)C=C)(C3)C2. The van der Waals surface area contributed by atoms with E-state index in [1.807, 2.05) is 0 Å². The van der Waals surface area contributed by atoms with Gasteiger partial charge >= 0.3 is 11.9 Å². The topological polar surface area (TPSA) is 112 Å². The number of ether oxygens (including phenoxy) is 4. The van der Waals surface area contributed by atoms with Crippen LogP contribution in [0.4, 0.5) is 0 Å². The summed E-state index contributed by atoms with van der Waals surface area (Å²) in [5.74, 6) is 0.188. The van der Waals surface area contributed by atoms with E-state index in [0.717, 1.165) is 44.3 Å². The van der Waals surface area contributed by atoms with Gasteiger partial charge < -0.3 is 29.2 Å². The number of hydrogen-bond acceptors (Lipinski definition) is 8. The van der Waals surface area contributed by atoms with Crippen molar-refractivity contribution in [1.82, 2.24) is 0 Å². The van der Waals surface area contributed by atoms with Crippen molar-refractivity contribution in [3.05, 3.63) is 25.3 Å². The molecule has 8 heteroatoms. The fourth-order valence-electron chi connectivity index (χ4n) is 6.38. The number of carbonyl (C=O) groups excluding carboxylic acids is 2. The molecule has 0 aromatic heterocycles. The molecule has 0 heterocycles. The van der Waals surface area contributed by atoms with E-state index in [2.05, 4.69) is 13.2 Å². The highest BCUT2D eigenvalue weighted by Gasteiger charge is 2.57. The lowest BCUT2D eigenvalue weighted by Crippen LogP contribution is -2.55. The van der Waals surface area contributed by atoms with E-state index in [1.54, 1.807) is 0 Å². The van der Waals surface area contributed by atoms with Crippen LogP contribution in [0, 0.1) is 22.7 Å². The van der Waals surface area contributed by atoms with Gasteiger partial charge in [-0.1, -0.05) is 13.2 Å². The van der Waals surface area contributed by atoms with E-state index in [9.17, 15) is 19.8 Å². The molecular formula is C24H36O8. The predicted molar refractivity (Wildman–Crippen MR) is 116 cm³/mol. The molecule has 4 aliphatic rings. The fourth-order valence-corrected chi connectivity index (χ4v) is 6.38. The van der Waals surface area contributed by atoms with Gasteiger partial charge in [-0.25, -0.2) is 9.59 Å². The van der Waals surface area contributed by atoms with Crippen molar-refractivity contribution >= 4 is 11.9 Å². The molecule has 0 aromatic carbocycles. The zero-order valence-electron chi connectivity index (χ0n) is 18.7. The van der Waals surface area contributed by atoms with Crippen molar-refractivity contribution in [2.45, 2.75) is 50.7 Å². The maximum absolute atomic E-state index is 11.1. The van der Waals surface area contributed by atoms with Gasteiger partial charge in [-0.2, -0.15) is 0 Å². The highest BCUT2D eigenvalue weighted by Crippen LogP contribution is 2.65. The van der Waals surface area contributed by atoms with E-state index in [-0.39, 0.29) is 37.3 Å². The standard InChI is InChI=1S/C24H36O8/c1-3-21(27)31-12-19(25)10-29-15-23-6-17-5-18(7-23)9-24(8-17,14-23)16-30-11-20(26)13-32-22(28)4-2/h3-4,17-20,25-26H,1-2,5-16H2. The molecular weight excluding hydrogens is 416 g/mol. The number of aliphatic hydroxyl groups is 2. The highest BCUT2D eigenvalue weighted by atomic mass is 16.6. The smallest absolute Gasteiger partial charge is 0.330 e. The van der Waals surface area contributed by atoms with Gasteiger partial charge in [0.15, 0.2) is 0 Å². The zero-order valence-corrected chi connectivity index (χ0v) is 18.7. The lowest BCUT2D eigenvalue weighted by Gasteiger charge is -2.62. The van der Waals surface area contributed by atoms with E-state index in [4.69, 9.17) is 18.9 Å². The summed E-state index contributed by atoms with van der Waals surface area (Å²) in [6.07, 6.45) is 7.21. The van der Waals surface area contributed by atoms with Crippen LogP contribution in [0.5, 0.6) is 0 Å². The Bertz CT molecular complexity index is 621. The first kappa shape index (κ1) is 24.9. The molecule has 2 unspecified atom stereocenters. The van der Waals surface area contributed by atoms with Gasteiger partial charge in [0.25, 0.3) is 0 Å². The van der Waals surface area contributed by atoms with Crippen molar-refractivity contribution in [2.24, 2.45) is 22.7 Å². The van der Waals surface area contributed by atoms with Crippen LogP contribution in [0.1, 0.15) is 38.5 Å². The lowest BCUT2D eigenvalue weighted by molar-refractivity contribution is -0.170. The molecule has 2 N–H and O–H groups in total. The molecule has 4 aliphatic carbocycles. The van der Waals surface area contributed by atoms with Gasteiger partial charge in [-0.05, 0) is 61.2 Å². The van der Waals surface area contributed by atoms with Gasteiger partial charge in [-0.3, -0.25) is 0 Å². The van der Waals surface area contributed by atoms with Crippen LogP contribution in [0.3, 0.4) is 0 Å². The summed E-state index contributed by atoms with van der Waals surface area (Å²) in [6, 6.07) is 0. The Morgan fingerprint density at radius 1 is 0.812 bits per heavy atom. The number of rotatable bonds is 14. The average molecular weight is 453 g/mol. The van der Waals surface area contributed by atoms with Gasteiger partial charge in [-0.15, -0.1) is 0 Å². The van der Waals surface area contributed by atoms with Gasteiger partial charge in [0.1, 0.15) is 25.4 Å². The number of hydrogen-bond donors (Lipinski definition) is 2. The number of aliphatic hydroxyl groups excluding tert-OH is 2. The Hall–Kier alpha value is -1.74.